The minimum Gasteiger partial charge on any atom is -0.487 e. The van der Waals surface area contributed by atoms with Crippen molar-refractivity contribution in [3.8, 4) is 23.4 Å². The van der Waals surface area contributed by atoms with Crippen molar-refractivity contribution < 1.29 is 19.4 Å². The van der Waals surface area contributed by atoms with Gasteiger partial charge in [0.1, 0.15) is 12.4 Å². The topological polar surface area (TPSA) is 92.4 Å². The molecule has 0 radical (unpaired) electrons. The highest BCUT2D eigenvalue weighted by molar-refractivity contribution is 6.32. The van der Waals surface area contributed by atoms with E-state index in [2.05, 4.69) is 11.1 Å². The Morgan fingerprint density at radius 3 is 2.60 bits per heavy atom. The number of nitriles is 1. The quantitative estimate of drug-likeness (QED) is 0.515. The van der Waals surface area contributed by atoms with Crippen LogP contribution in [-0.2, 0) is 11.4 Å². The van der Waals surface area contributed by atoms with Gasteiger partial charge in [-0.05, 0) is 60.0 Å². The van der Waals surface area contributed by atoms with Crippen LogP contribution < -0.4 is 9.47 Å². The fourth-order valence-corrected chi connectivity index (χ4v) is 2.92. The van der Waals surface area contributed by atoms with Gasteiger partial charge in [-0.3, -0.25) is 0 Å². The summed E-state index contributed by atoms with van der Waals surface area (Å²) >= 11 is 6.29. The van der Waals surface area contributed by atoms with Crippen molar-refractivity contribution in [2.75, 3.05) is 0 Å². The number of benzene rings is 2. The van der Waals surface area contributed by atoms with Crippen LogP contribution in [0, 0.1) is 18.3 Å². The zero-order chi connectivity index (χ0) is 21.5. The second-order valence-corrected chi connectivity index (χ2v) is 6.76. The predicted octanol–water partition coefficient (Wildman–Crippen LogP) is 5.38. The Balaban J connectivity index is 1.65. The van der Waals surface area contributed by atoms with Crippen LogP contribution in [0.3, 0.4) is 0 Å². The zero-order valence-corrected chi connectivity index (χ0v) is 16.8. The highest BCUT2D eigenvalue weighted by atomic mass is 35.5. The second kappa shape index (κ2) is 9.59. The van der Waals surface area contributed by atoms with Crippen LogP contribution >= 0.6 is 11.6 Å². The third-order valence-electron chi connectivity index (χ3n) is 4.07. The molecule has 2 aromatic carbocycles. The smallest absolute Gasteiger partial charge is 0.328 e. The van der Waals surface area contributed by atoms with E-state index in [9.17, 15) is 4.79 Å². The lowest BCUT2D eigenvalue weighted by atomic mass is 10.1. The number of nitrogens with zero attached hydrogens (tertiary/aromatic N) is 2. The highest BCUT2D eigenvalue weighted by Crippen LogP contribution is 2.34. The average Bonchev–Trinajstić information content (AvgIpc) is 2.74. The number of ether oxygens (including phenoxy) is 2. The molecule has 150 valence electrons. The van der Waals surface area contributed by atoms with Crippen molar-refractivity contribution >= 4 is 23.6 Å². The van der Waals surface area contributed by atoms with Crippen LogP contribution in [0.1, 0.15) is 22.3 Å². The predicted molar refractivity (Wildman–Crippen MR) is 113 cm³/mol. The van der Waals surface area contributed by atoms with E-state index in [0.29, 0.717) is 40.1 Å². The van der Waals surface area contributed by atoms with Crippen LogP contribution in [0.25, 0.3) is 6.08 Å². The van der Waals surface area contributed by atoms with Gasteiger partial charge in [0.05, 0.1) is 22.9 Å². The van der Waals surface area contributed by atoms with Gasteiger partial charge >= 0.3 is 5.97 Å². The molecule has 30 heavy (non-hydrogen) atoms. The molecule has 0 aliphatic rings. The maximum atomic E-state index is 10.7. The van der Waals surface area contributed by atoms with Gasteiger partial charge in [-0.1, -0.05) is 23.7 Å². The third kappa shape index (κ3) is 5.60. The Kier molecular flexibility index (Phi) is 6.68. The maximum Gasteiger partial charge on any atom is 0.328 e. The number of carboxylic acids is 1. The highest BCUT2D eigenvalue weighted by Gasteiger charge is 2.10. The molecular formula is C23H17ClN2O4. The van der Waals surface area contributed by atoms with Crippen LogP contribution in [0.15, 0.2) is 60.8 Å². The third-order valence-corrected chi connectivity index (χ3v) is 4.36. The number of carbonyl (C=O) groups is 1. The Morgan fingerprint density at radius 2 is 2.00 bits per heavy atom. The number of aromatic nitrogens is 1. The lowest BCUT2D eigenvalue weighted by Crippen LogP contribution is -1.97. The molecule has 3 rings (SSSR count). The fourth-order valence-electron chi connectivity index (χ4n) is 2.61. The van der Waals surface area contributed by atoms with Gasteiger partial charge in [-0.15, -0.1) is 0 Å². The van der Waals surface area contributed by atoms with Crippen LogP contribution in [0.5, 0.6) is 17.4 Å². The van der Waals surface area contributed by atoms with E-state index in [1.165, 1.54) is 6.08 Å². The Bertz CT molecular complexity index is 1090. The molecule has 6 nitrogen and oxygen atoms in total. The minimum atomic E-state index is -1.03. The molecule has 0 saturated heterocycles. The summed E-state index contributed by atoms with van der Waals surface area (Å²) in [6.07, 6.45) is 4.05. The van der Waals surface area contributed by atoms with E-state index in [-0.39, 0.29) is 0 Å². The van der Waals surface area contributed by atoms with Gasteiger partial charge in [0.25, 0.3) is 0 Å². The molecule has 1 N–H and O–H groups in total. The first-order valence-electron chi connectivity index (χ1n) is 8.91. The van der Waals surface area contributed by atoms with E-state index in [1.54, 1.807) is 42.6 Å². The molecule has 0 aliphatic heterocycles. The summed E-state index contributed by atoms with van der Waals surface area (Å²) in [5.41, 5.74) is 2.94. The molecule has 0 bridgehead atoms. The first-order valence-corrected chi connectivity index (χ1v) is 9.29. The van der Waals surface area contributed by atoms with Gasteiger partial charge in [-0.25, -0.2) is 9.78 Å². The summed E-state index contributed by atoms with van der Waals surface area (Å²) in [6, 6.07) is 16.0. The number of aliphatic carboxylic acids is 1. The summed E-state index contributed by atoms with van der Waals surface area (Å²) in [7, 11) is 0. The van der Waals surface area contributed by atoms with Crippen molar-refractivity contribution in [3.05, 3.63) is 88.1 Å². The SMILES string of the molecule is Cc1cc(/C=C/C(=O)O)cc(Cl)c1Oc1ccc(OCc2ccc(C#N)cc2)cn1. The molecular weight excluding hydrogens is 404 g/mol. The average molecular weight is 421 g/mol. The van der Waals surface area contributed by atoms with Crippen LogP contribution in [0.4, 0.5) is 0 Å². The number of pyridine rings is 1. The monoisotopic (exact) mass is 420 g/mol. The molecule has 7 heteroatoms. The van der Waals surface area contributed by atoms with Gasteiger partial charge in [-0.2, -0.15) is 5.26 Å². The summed E-state index contributed by atoms with van der Waals surface area (Å²) in [5.74, 6) is 0.334. The normalized spacial score (nSPS) is 10.6. The lowest BCUT2D eigenvalue weighted by Gasteiger charge is -2.12. The van der Waals surface area contributed by atoms with Crippen molar-refractivity contribution in [1.82, 2.24) is 4.98 Å². The Labute approximate surface area is 178 Å². The zero-order valence-electron chi connectivity index (χ0n) is 16.0. The van der Waals surface area contributed by atoms with E-state index in [0.717, 1.165) is 17.2 Å². The molecule has 1 heterocycles. The van der Waals surface area contributed by atoms with E-state index in [4.69, 9.17) is 31.4 Å². The van der Waals surface area contributed by atoms with Gasteiger partial charge in [0.2, 0.25) is 5.88 Å². The number of aryl methyl sites for hydroxylation is 1. The van der Waals surface area contributed by atoms with Gasteiger partial charge in [0.15, 0.2) is 5.75 Å². The maximum absolute atomic E-state index is 10.7. The number of rotatable bonds is 7. The Morgan fingerprint density at radius 1 is 1.23 bits per heavy atom. The fraction of sp³-hybridized carbons (Fsp3) is 0.0870. The van der Waals surface area contributed by atoms with Gasteiger partial charge in [0, 0.05) is 12.1 Å². The van der Waals surface area contributed by atoms with Crippen LogP contribution in [0.2, 0.25) is 5.02 Å². The molecule has 0 aliphatic carbocycles. The lowest BCUT2D eigenvalue weighted by molar-refractivity contribution is -0.131. The molecule has 0 fully saturated rings. The van der Waals surface area contributed by atoms with Crippen molar-refractivity contribution in [3.63, 3.8) is 0 Å². The molecule has 0 amide bonds. The van der Waals surface area contributed by atoms with Crippen molar-refractivity contribution in [2.24, 2.45) is 0 Å². The number of hydrogen-bond donors (Lipinski definition) is 1. The van der Waals surface area contributed by atoms with Crippen molar-refractivity contribution in [2.45, 2.75) is 13.5 Å². The van der Waals surface area contributed by atoms with E-state index < -0.39 is 5.97 Å². The molecule has 0 saturated carbocycles. The molecule has 0 spiro atoms. The summed E-state index contributed by atoms with van der Waals surface area (Å²) in [5, 5.41) is 17.9. The second-order valence-electron chi connectivity index (χ2n) is 6.35. The first kappa shape index (κ1) is 20.9. The number of carboxylic acid groups (broad SMARTS) is 1. The van der Waals surface area contributed by atoms with Crippen molar-refractivity contribution in [1.29, 1.82) is 5.26 Å². The summed E-state index contributed by atoms with van der Waals surface area (Å²) in [6.45, 7) is 2.16. The number of halogens is 1. The largest absolute Gasteiger partial charge is 0.487 e. The summed E-state index contributed by atoms with van der Waals surface area (Å²) < 4.78 is 11.5. The van der Waals surface area contributed by atoms with E-state index in [1.807, 2.05) is 19.1 Å². The number of hydrogen-bond acceptors (Lipinski definition) is 5. The van der Waals surface area contributed by atoms with Gasteiger partial charge < -0.3 is 14.6 Å². The first-order chi connectivity index (χ1) is 14.4. The standard InChI is InChI=1S/C23H17ClN2O4/c1-15-10-18(6-9-22(27)28)11-20(24)23(15)30-21-8-7-19(13-26-21)29-14-17-4-2-16(12-25)3-5-17/h2-11,13H,14H2,1H3,(H,27,28)/b9-6+. The summed E-state index contributed by atoms with van der Waals surface area (Å²) in [4.78, 5) is 14.9. The Hall–Kier alpha value is -3.82. The molecule has 1 aromatic heterocycles. The molecule has 0 atom stereocenters. The molecule has 0 unspecified atom stereocenters. The van der Waals surface area contributed by atoms with E-state index >= 15 is 0 Å². The molecule has 3 aromatic rings. The van der Waals surface area contributed by atoms with Crippen LogP contribution in [-0.4, -0.2) is 16.1 Å². The minimum absolute atomic E-state index is 0.347.